The topological polar surface area (TPSA) is 56.2 Å². The zero-order chi connectivity index (χ0) is 21.0. The van der Waals surface area contributed by atoms with Crippen molar-refractivity contribution >= 4 is 11.9 Å². The number of hydrogen-bond acceptors (Lipinski definition) is 2. The maximum atomic E-state index is 14.7. The standard InChI is InChI=1S/C23H21F2N3O/c1-4-23(12-13-23)15-10-8-14(9-11-15)18-20(29)28(3)21(26)27-22(18,2)16-6-5-7-17(24)19(16)25/h1,5-11,18H,12-13H2,2-3H3,(H2,26,27)/t18-,22-/m1/s1. The molecule has 1 aliphatic carbocycles. The molecule has 0 aromatic heterocycles. The van der Waals surface area contributed by atoms with Crippen LogP contribution in [0, 0.1) is 29.4 Å². The van der Waals surface area contributed by atoms with Gasteiger partial charge >= 0.3 is 0 Å². The second-order valence-electron chi connectivity index (χ2n) is 7.96. The molecule has 2 atom stereocenters. The Morgan fingerprint density at radius 2 is 1.86 bits per heavy atom. The van der Waals surface area contributed by atoms with Crippen molar-refractivity contribution in [1.29, 1.82) is 5.41 Å². The van der Waals surface area contributed by atoms with Crippen LogP contribution in [0.2, 0.25) is 0 Å². The van der Waals surface area contributed by atoms with Crippen LogP contribution >= 0.6 is 0 Å². The fourth-order valence-corrected chi connectivity index (χ4v) is 4.19. The molecule has 2 aromatic rings. The molecule has 148 valence electrons. The van der Waals surface area contributed by atoms with Crippen molar-refractivity contribution in [2.75, 3.05) is 7.05 Å². The van der Waals surface area contributed by atoms with Gasteiger partial charge in [-0.05, 0) is 37.0 Å². The van der Waals surface area contributed by atoms with E-state index in [1.165, 1.54) is 24.1 Å². The van der Waals surface area contributed by atoms with Crippen molar-refractivity contribution in [3.63, 3.8) is 0 Å². The molecule has 1 saturated carbocycles. The van der Waals surface area contributed by atoms with Crippen LogP contribution in [0.4, 0.5) is 8.78 Å². The van der Waals surface area contributed by atoms with Gasteiger partial charge in [0.05, 0.1) is 16.9 Å². The molecule has 4 nitrogen and oxygen atoms in total. The number of nitrogens with zero attached hydrogens (tertiary/aromatic N) is 1. The second kappa shape index (κ2) is 6.41. The van der Waals surface area contributed by atoms with E-state index in [1.54, 1.807) is 6.92 Å². The molecule has 0 spiro atoms. The molecule has 0 radical (unpaired) electrons. The number of carbonyl (C=O) groups is 1. The summed E-state index contributed by atoms with van der Waals surface area (Å²) >= 11 is 0. The summed E-state index contributed by atoms with van der Waals surface area (Å²) in [7, 11) is 1.48. The van der Waals surface area contributed by atoms with E-state index in [0.29, 0.717) is 5.56 Å². The van der Waals surface area contributed by atoms with Crippen LogP contribution < -0.4 is 5.32 Å². The summed E-state index contributed by atoms with van der Waals surface area (Å²) in [4.78, 5) is 14.4. The Labute approximate surface area is 168 Å². The molecule has 1 heterocycles. The van der Waals surface area contributed by atoms with Crippen molar-refractivity contribution in [3.05, 3.63) is 70.8 Å². The molecule has 0 bridgehead atoms. The molecule has 6 heteroatoms. The minimum absolute atomic E-state index is 0.0000598. The highest BCUT2D eigenvalue weighted by Crippen LogP contribution is 2.48. The number of likely N-dealkylation sites (N-methyl/N-ethyl adjacent to an activating group) is 1. The molecule has 2 aromatic carbocycles. The zero-order valence-corrected chi connectivity index (χ0v) is 16.2. The van der Waals surface area contributed by atoms with Crippen LogP contribution in [0.15, 0.2) is 42.5 Å². The highest BCUT2D eigenvalue weighted by atomic mass is 19.2. The van der Waals surface area contributed by atoms with Gasteiger partial charge < -0.3 is 5.32 Å². The molecular formula is C23H21F2N3O. The van der Waals surface area contributed by atoms with Gasteiger partial charge in [0.25, 0.3) is 0 Å². The smallest absolute Gasteiger partial charge is 0.239 e. The minimum Gasteiger partial charge on any atom is -0.346 e. The lowest BCUT2D eigenvalue weighted by Crippen LogP contribution is -2.62. The number of guanidine groups is 1. The first-order valence-electron chi connectivity index (χ1n) is 9.40. The molecule has 2 aliphatic rings. The molecule has 1 amide bonds. The first-order valence-corrected chi connectivity index (χ1v) is 9.40. The van der Waals surface area contributed by atoms with E-state index in [9.17, 15) is 13.6 Å². The Balaban J connectivity index is 1.83. The summed E-state index contributed by atoms with van der Waals surface area (Å²) in [6.45, 7) is 1.62. The van der Waals surface area contributed by atoms with Crippen LogP contribution in [0.5, 0.6) is 0 Å². The molecule has 1 aliphatic heterocycles. The molecule has 2 fully saturated rings. The first-order chi connectivity index (χ1) is 13.7. The van der Waals surface area contributed by atoms with Gasteiger partial charge in [-0.15, -0.1) is 6.42 Å². The van der Waals surface area contributed by atoms with Crippen molar-refractivity contribution in [1.82, 2.24) is 10.2 Å². The largest absolute Gasteiger partial charge is 0.346 e. The third-order valence-electron chi connectivity index (χ3n) is 6.20. The average Bonchev–Trinajstić information content (AvgIpc) is 3.50. The number of terminal acetylenes is 1. The molecule has 2 N–H and O–H groups in total. The van der Waals surface area contributed by atoms with Crippen LogP contribution in [0.25, 0.3) is 0 Å². The van der Waals surface area contributed by atoms with E-state index in [1.807, 2.05) is 24.3 Å². The summed E-state index contributed by atoms with van der Waals surface area (Å²) in [6, 6.07) is 11.3. The van der Waals surface area contributed by atoms with E-state index >= 15 is 0 Å². The van der Waals surface area contributed by atoms with Gasteiger partial charge in [0.15, 0.2) is 17.6 Å². The van der Waals surface area contributed by atoms with Gasteiger partial charge in [-0.2, -0.15) is 0 Å². The molecule has 0 unspecified atom stereocenters. The fourth-order valence-electron chi connectivity index (χ4n) is 4.19. The Morgan fingerprint density at radius 3 is 2.45 bits per heavy atom. The highest BCUT2D eigenvalue weighted by molar-refractivity contribution is 6.02. The lowest BCUT2D eigenvalue weighted by Gasteiger charge is -2.46. The van der Waals surface area contributed by atoms with E-state index in [2.05, 4.69) is 11.2 Å². The number of hydrogen-bond donors (Lipinski definition) is 2. The van der Waals surface area contributed by atoms with Crippen molar-refractivity contribution in [2.24, 2.45) is 0 Å². The first kappa shape index (κ1) is 19.1. The molecule has 1 saturated heterocycles. The number of amides is 1. The van der Waals surface area contributed by atoms with Crippen molar-refractivity contribution in [2.45, 2.75) is 36.6 Å². The summed E-state index contributed by atoms with van der Waals surface area (Å²) < 4.78 is 28.7. The van der Waals surface area contributed by atoms with E-state index in [-0.39, 0.29) is 22.8 Å². The normalized spacial score (nSPS) is 25.3. The van der Waals surface area contributed by atoms with E-state index in [4.69, 9.17) is 11.8 Å². The Kier molecular flexibility index (Phi) is 4.23. The lowest BCUT2D eigenvalue weighted by molar-refractivity contribution is -0.131. The van der Waals surface area contributed by atoms with Crippen molar-refractivity contribution < 1.29 is 13.6 Å². The van der Waals surface area contributed by atoms with Gasteiger partial charge in [0, 0.05) is 12.6 Å². The minimum atomic E-state index is -1.34. The predicted molar refractivity (Wildman–Crippen MR) is 106 cm³/mol. The van der Waals surface area contributed by atoms with Gasteiger partial charge in [-0.25, -0.2) is 8.78 Å². The number of rotatable bonds is 3. The predicted octanol–water partition coefficient (Wildman–Crippen LogP) is 3.62. The maximum Gasteiger partial charge on any atom is 0.239 e. The average molecular weight is 393 g/mol. The number of carbonyl (C=O) groups excluding carboxylic acids is 1. The SMILES string of the molecule is C#CC1(c2ccc([C@@H]3C(=O)N(C)C(=N)N[C@]3(C)c3cccc(F)c3F)cc2)CC1. The third kappa shape index (κ3) is 2.80. The molecule has 29 heavy (non-hydrogen) atoms. The fraction of sp³-hybridized carbons (Fsp3) is 0.304. The van der Waals surface area contributed by atoms with Gasteiger partial charge in [-0.1, -0.05) is 42.3 Å². The van der Waals surface area contributed by atoms with Gasteiger partial charge in [0.1, 0.15) is 0 Å². The summed E-state index contributed by atoms with van der Waals surface area (Å²) in [5.41, 5.74) is 0.0894. The summed E-state index contributed by atoms with van der Waals surface area (Å²) in [5, 5.41) is 11.0. The quantitative estimate of drug-likeness (QED) is 0.783. The van der Waals surface area contributed by atoms with Crippen LogP contribution in [0.1, 0.15) is 42.4 Å². The van der Waals surface area contributed by atoms with E-state index < -0.39 is 23.1 Å². The second-order valence-corrected chi connectivity index (χ2v) is 7.96. The maximum absolute atomic E-state index is 14.7. The Hall–Kier alpha value is -3.20. The number of benzene rings is 2. The summed E-state index contributed by atoms with van der Waals surface area (Å²) in [5.74, 6) is -0.581. The number of halogens is 2. The monoisotopic (exact) mass is 393 g/mol. The zero-order valence-electron chi connectivity index (χ0n) is 16.2. The van der Waals surface area contributed by atoms with E-state index in [0.717, 1.165) is 24.5 Å². The Bertz CT molecular complexity index is 1050. The van der Waals surface area contributed by atoms with Crippen LogP contribution in [-0.2, 0) is 15.7 Å². The van der Waals surface area contributed by atoms with Gasteiger partial charge in [0.2, 0.25) is 5.91 Å². The lowest BCUT2D eigenvalue weighted by atomic mass is 9.73. The van der Waals surface area contributed by atoms with Crippen molar-refractivity contribution in [3.8, 4) is 12.3 Å². The highest BCUT2D eigenvalue weighted by Gasteiger charge is 2.50. The number of nitrogens with one attached hydrogen (secondary N) is 2. The molecular weight excluding hydrogens is 372 g/mol. The van der Waals surface area contributed by atoms with Gasteiger partial charge in [-0.3, -0.25) is 15.1 Å². The van der Waals surface area contributed by atoms with Crippen LogP contribution in [0.3, 0.4) is 0 Å². The summed E-state index contributed by atoms with van der Waals surface area (Å²) in [6.07, 6.45) is 7.52. The molecule has 4 rings (SSSR count). The van der Waals surface area contributed by atoms with Crippen LogP contribution in [-0.4, -0.2) is 23.8 Å². The Morgan fingerprint density at radius 1 is 1.21 bits per heavy atom. The third-order valence-corrected chi connectivity index (χ3v) is 6.20.